The molecule has 4 atom stereocenters. The number of hydrogen-bond donors (Lipinski definition) is 5. The summed E-state index contributed by atoms with van der Waals surface area (Å²) in [6.45, 7) is 1.55. The molecular weight excluding hydrogens is 340 g/mol. The van der Waals surface area contributed by atoms with Crippen LogP contribution in [0, 0.1) is 0 Å². The Hall–Kier alpha value is -2.31. The maximum atomic E-state index is 10.4. The van der Waals surface area contributed by atoms with E-state index in [0.717, 1.165) is 0 Å². The average Bonchev–Trinajstić information content (AvgIpc) is 3.11. The molecule has 26 heavy (non-hydrogen) atoms. The number of nitrogens with two attached hydrogens (primary N) is 3. The zero-order valence-corrected chi connectivity index (χ0v) is 14.4. The summed E-state index contributed by atoms with van der Waals surface area (Å²) >= 11 is 0. The molecule has 3 rings (SSSR count). The predicted molar refractivity (Wildman–Crippen MR) is 95.8 cm³/mol. The van der Waals surface area contributed by atoms with Crippen LogP contribution in [0.15, 0.2) is 18.5 Å². The first-order valence-electron chi connectivity index (χ1n) is 8.23. The van der Waals surface area contributed by atoms with E-state index in [1.165, 1.54) is 10.9 Å². The van der Waals surface area contributed by atoms with Crippen LogP contribution in [0.1, 0.15) is 6.23 Å². The zero-order chi connectivity index (χ0) is 18.8. The molecule has 142 valence electrons. The molecule has 0 aliphatic carbocycles. The lowest BCUT2D eigenvalue weighted by Gasteiger charge is -2.21. The van der Waals surface area contributed by atoms with Crippen LogP contribution in [0.5, 0.6) is 0 Å². The number of nitrogens with zero attached hydrogens (tertiary/aromatic N) is 5. The molecule has 3 heterocycles. The Labute approximate surface area is 150 Å². The molecule has 0 radical (unpaired) electrons. The van der Waals surface area contributed by atoms with E-state index in [0.29, 0.717) is 30.8 Å². The van der Waals surface area contributed by atoms with Gasteiger partial charge in [-0.15, -0.1) is 0 Å². The van der Waals surface area contributed by atoms with E-state index >= 15 is 0 Å². The Bertz CT molecular complexity index is 795. The fourth-order valence-corrected chi connectivity index (χ4v) is 2.98. The van der Waals surface area contributed by atoms with Gasteiger partial charge in [-0.05, 0) is 7.05 Å². The van der Waals surface area contributed by atoms with Crippen molar-refractivity contribution in [3.63, 3.8) is 0 Å². The summed E-state index contributed by atoms with van der Waals surface area (Å²) in [5.74, 6) is 0.134. The first-order chi connectivity index (χ1) is 12.4. The van der Waals surface area contributed by atoms with Crippen LogP contribution in [0.4, 0.5) is 11.8 Å². The van der Waals surface area contributed by atoms with E-state index < -0.39 is 24.5 Å². The molecule has 0 bridgehead atoms. The SMILES string of the molecule is CN(C/C=C\CN)C[C@H]1O[C@@H](n2cnc3c(N)nc(N)nc32)[C@H](O)[C@@H]1O. The van der Waals surface area contributed by atoms with Crippen molar-refractivity contribution in [2.45, 2.75) is 24.5 Å². The lowest BCUT2D eigenvalue weighted by molar-refractivity contribution is -0.0414. The molecule has 0 amide bonds. The van der Waals surface area contributed by atoms with E-state index in [4.69, 9.17) is 21.9 Å². The topological polar surface area (TPSA) is 175 Å². The van der Waals surface area contributed by atoms with Gasteiger partial charge in [0, 0.05) is 19.6 Å². The van der Waals surface area contributed by atoms with Crippen LogP contribution < -0.4 is 17.2 Å². The van der Waals surface area contributed by atoms with Gasteiger partial charge in [0.15, 0.2) is 17.7 Å². The number of rotatable bonds is 6. The highest BCUT2D eigenvalue weighted by Crippen LogP contribution is 2.32. The third-order valence-corrected chi connectivity index (χ3v) is 4.29. The minimum Gasteiger partial charge on any atom is -0.387 e. The number of hydrogen-bond acceptors (Lipinski definition) is 10. The van der Waals surface area contributed by atoms with Crippen molar-refractivity contribution in [2.75, 3.05) is 38.1 Å². The van der Waals surface area contributed by atoms with Gasteiger partial charge in [-0.25, -0.2) is 4.98 Å². The Kier molecular flexibility index (Phi) is 5.34. The lowest BCUT2D eigenvalue weighted by Crippen LogP contribution is -2.38. The monoisotopic (exact) mass is 364 g/mol. The van der Waals surface area contributed by atoms with E-state index in [1.807, 2.05) is 24.1 Å². The summed E-state index contributed by atoms with van der Waals surface area (Å²) in [5.41, 5.74) is 17.6. The second-order valence-corrected chi connectivity index (χ2v) is 6.27. The molecule has 2 aromatic heterocycles. The van der Waals surface area contributed by atoms with E-state index in [-0.39, 0.29) is 11.8 Å². The Morgan fingerprint density at radius 3 is 2.77 bits per heavy atom. The number of fused-ring (bicyclic) bond motifs is 1. The maximum Gasteiger partial charge on any atom is 0.224 e. The highest BCUT2D eigenvalue weighted by molar-refractivity contribution is 5.82. The number of likely N-dealkylation sites (N-methyl/N-ethyl adjacent to an activating group) is 1. The highest BCUT2D eigenvalue weighted by atomic mass is 16.6. The highest BCUT2D eigenvalue weighted by Gasteiger charge is 2.44. The van der Waals surface area contributed by atoms with Gasteiger partial charge in [0.25, 0.3) is 0 Å². The Balaban J connectivity index is 1.79. The van der Waals surface area contributed by atoms with Crippen molar-refractivity contribution in [1.29, 1.82) is 0 Å². The number of anilines is 2. The predicted octanol–water partition coefficient (Wildman–Crippen LogP) is -1.94. The molecule has 1 saturated heterocycles. The van der Waals surface area contributed by atoms with Crippen LogP contribution in [0.2, 0.25) is 0 Å². The van der Waals surface area contributed by atoms with Gasteiger partial charge >= 0.3 is 0 Å². The fourth-order valence-electron chi connectivity index (χ4n) is 2.98. The zero-order valence-electron chi connectivity index (χ0n) is 14.4. The van der Waals surface area contributed by atoms with Crippen molar-refractivity contribution in [3.8, 4) is 0 Å². The molecule has 0 spiro atoms. The molecule has 2 aromatic rings. The van der Waals surface area contributed by atoms with Gasteiger partial charge in [-0.2, -0.15) is 9.97 Å². The van der Waals surface area contributed by atoms with Gasteiger partial charge in [0.1, 0.15) is 23.8 Å². The third kappa shape index (κ3) is 3.48. The summed E-state index contributed by atoms with van der Waals surface area (Å²) in [7, 11) is 1.89. The number of imidazole rings is 1. The van der Waals surface area contributed by atoms with Gasteiger partial charge in [-0.3, -0.25) is 4.57 Å². The number of aliphatic hydroxyl groups is 2. The molecule has 11 heteroatoms. The van der Waals surface area contributed by atoms with E-state index in [9.17, 15) is 10.2 Å². The average molecular weight is 364 g/mol. The molecule has 1 aliphatic rings. The van der Waals surface area contributed by atoms with Crippen molar-refractivity contribution >= 4 is 22.9 Å². The first kappa shape index (κ1) is 18.5. The van der Waals surface area contributed by atoms with Crippen LogP contribution in [-0.2, 0) is 4.74 Å². The van der Waals surface area contributed by atoms with Crippen LogP contribution in [-0.4, -0.2) is 79.6 Å². The van der Waals surface area contributed by atoms with Crippen LogP contribution in [0.25, 0.3) is 11.2 Å². The second-order valence-electron chi connectivity index (χ2n) is 6.27. The van der Waals surface area contributed by atoms with Crippen LogP contribution in [0.3, 0.4) is 0 Å². The minimum atomic E-state index is -1.15. The largest absolute Gasteiger partial charge is 0.387 e. The number of aliphatic hydroxyl groups excluding tert-OH is 2. The summed E-state index contributed by atoms with van der Waals surface area (Å²) in [5, 5.41) is 20.8. The quantitative estimate of drug-likeness (QED) is 0.362. The molecule has 1 aliphatic heterocycles. The molecule has 1 fully saturated rings. The summed E-state index contributed by atoms with van der Waals surface area (Å²) in [6, 6.07) is 0. The molecule has 8 N–H and O–H groups in total. The van der Waals surface area contributed by atoms with Gasteiger partial charge in [0.2, 0.25) is 5.95 Å². The smallest absolute Gasteiger partial charge is 0.224 e. The molecule has 0 aromatic carbocycles. The molecular formula is C15H24N8O3. The van der Waals surface area contributed by atoms with Crippen LogP contribution >= 0.6 is 0 Å². The molecule has 0 unspecified atom stereocenters. The van der Waals surface area contributed by atoms with Crippen molar-refractivity contribution in [3.05, 3.63) is 18.5 Å². The van der Waals surface area contributed by atoms with Crippen molar-refractivity contribution in [2.24, 2.45) is 5.73 Å². The van der Waals surface area contributed by atoms with Crippen molar-refractivity contribution in [1.82, 2.24) is 24.4 Å². The summed E-state index contributed by atoms with van der Waals surface area (Å²) < 4.78 is 7.39. The van der Waals surface area contributed by atoms with Gasteiger partial charge in [-0.1, -0.05) is 12.2 Å². The van der Waals surface area contributed by atoms with Crippen molar-refractivity contribution < 1.29 is 14.9 Å². The number of aromatic nitrogens is 4. The van der Waals surface area contributed by atoms with E-state index in [2.05, 4.69) is 15.0 Å². The first-order valence-corrected chi connectivity index (χ1v) is 8.23. The summed E-state index contributed by atoms with van der Waals surface area (Å²) in [6.07, 6.45) is 1.57. The number of ether oxygens (including phenoxy) is 1. The fraction of sp³-hybridized carbons (Fsp3) is 0.533. The Morgan fingerprint density at radius 2 is 2.04 bits per heavy atom. The second kappa shape index (κ2) is 7.51. The van der Waals surface area contributed by atoms with Gasteiger partial charge in [0.05, 0.1) is 6.33 Å². The Morgan fingerprint density at radius 1 is 1.27 bits per heavy atom. The lowest BCUT2D eigenvalue weighted by atomic mass is 10.1. The third-order valence-electron chi connectivity index (χ3n) is 4.29. The van der Waals surface area contributed by atoms with E-state index in [1.54, 1.807) is 0 Å². The normalized spacial score (nSPS) is 26.5. The minimum absolute atomic E-state index is 0.00670. The molecule has 11 nitrogen and oxygen atoms in total. The summed E-state index contributed by atoms with van der Waals surface area (Å²) in [4.78, 5) is 14.1. The molecule has 0 saturated carbocycles. The standard InChI is InChI=1S/C15H24N8O3/c1-22(5-3-2-4-16)6-8-10(24)11(25)14(26-8)23-7-19-9-12(17)20-15(18)21-13(9)23/h2-3,7-8,10-11,14,24-25H,4-6,16H2,1H3,(H4,17,18,20,21)/b3-2-/t8-,10-,11-,14-/m1/s1. The number of nitrogen functional groups attached to an aromatic ring is 2. The maximum absolute atomic E-state index is 10.4. The van der Waals surface area contributed by atoms with Gasteiger partial charge < -0.3 is 37.1 Å².